The smallest absolute Gasteiger partial charge is 0.325 e. The molecule has 0 atom stereocenters. The second kappa shape index (κ2) is 10.8. The third-order valence-electron chi connectivity index (χ3n) is 4.43. The van der Waals surface area contributed by atoms with Gasteiger partial charge in [-0.2, -0.15) is 0 Å². The molecule has 0 aliphatic rings. The summed E-state index contributed by atoms with van der Waals surface area (Å²) < 4.78 is 7.44. The summed E-state index contributed by atoms with van der Waals surface area (Å²) in [5.41, 5.74) is 1.64. The number of amides is 2. The molecule has 3 rings (SSSR count). The number of thiazole rings is 1. The Labute approximate surface area is 190 Å². The first-order valence-electron chi connectivity index (χ1n) is 10.3. The molecule has 1 aromatic carbocycles. The van der Waals surface area contributed by atoms with Gasteiger partial charge in [0.1, 0.15) is 18.1 Å². The molecule has 3 aromatic rings. The van der Waals surface area contributed by atoms with E-state index in [1.165, 1.54) is 11.3 Å². The van der Waals surface area contributed by atoms with Gasteiger partial charge in [0.15, 0.2) is 5.13 Å². The number of ether oxygens (including phenoxy) is 1. The van der Waals surface area contributed by atoms with Crippen molar-refractivity contribution in [2.75, 3.05) is 17.2 Å². The molecular formula is C22H27N5O4S. The quantitative estimate of drug-likeness (QED) is 0.420. The number of nitrogens with one attached hydrogen (secondary N) is 2. The Morgan fingerprint density at radius 3 is 2.78 bits per heavy atom. The number of nitrogens with zero attached hydrogens (tertiary/aromatic N) is 3. The number of imidazole rings is 1. The Morgan fingerprint density at radius 1 is 1.22 bits per heavy atom. The highest BCUT2D eigenvalue weighted by Crippen LogP contribution is 2.27. The molecule has 0 unspecified atom stereocenters. The Kier molecular flexibility index (Phi) is 7.82. The zero-order valence-corrected chi connectivity index (χ0v) is 19.1. The number of carbonyl (C=O) groups is 2. The number of hydrogen-bond donors (Lipinski definition) is 3. The highest BCUT2D eigenvalue weighted by molar-refractivity contribution is 7.15. The number of rotatable bonds is 10. The van der Waals surface area contributed by atoms with E-state index in [2.05, 4.69) is 34.4 Å². The van der Waals surface area contributed by atoms with Gasteiger partial charge in [-0.15, -0.1) is 11.3 Å². The topological polar surface area (TPSA) is 118 Å². The molecule has 0 aliphatic heterocycles. The number of aliphatic carboxylic acids is 1. The first kappa shape index (κ1) is 23.3. The molecule has 2 aromatic heterocycles. The van der Waals surface area contributed by atoms with Crippen LogP contribution in [0, 0.1) is 12.8 Å². The molecule has 9 nitrogen and oxygen atoms in total. The molecule has 0 fully saturated rings. The van der Waals surface area contributed by atoms with Gasteiger partial charge in [0.25, 0.3) is 0 Å². The van der Waals surface area contributed by atoms with E-state index in [1.54, 1.807) is 23.2 Å². The van der Waals surface area contributed by atoms with Crippen molar-refractivity contribution in [2.24, 2.45) is 5.92 Å². The molecule has 32 heavy (non-hydrogen) atoms. The van der Waals surface area contributed by atoms with Gasteiger partial charge in [-0.05, 0) is 37.0 Å². The van der Waals surface area contributed by atoms with Crippen LogP contribution in [-0.2, 0) is 24.2 Å². The Balaban J connectivity index is 1.56. The molecule has 2 amide bonds. The van der Waals surface area contributed by atoms with Gasteiger partial charge in [-0.25, -0.2) is 14.8 Å². The van der Waals surface area contributed by atoms with Crippen molar-refractivity contribution in [3.05, 3.63) is 53.1 Å². The first-order chi connectivity index (χ1) is 15.3. The van der Waals surface area contributed by atoms with Gasteiger partial charge in [0.05, 0.1) is 12.3 Å². The molecule has 2 heterocycles. The molecule has 0 spiro atoms. The zero-order valence-electron chi connectivity index (χ0n) is 18.3. The van der Waals surface area contributed by atoms with Gasteiger partial charge in [-0.3, -0.25) is 10.1 Å². The average molecular weight is 458 g/mol. The number of aromatic nitrogens is 3. The summed E-state index contributed by atoms with van der Waals surface area (Å²) in [6.07, 6.45) is 6.16. The highest BCUT2D eigenvalue weighted by atomic mass is 32.1. The van der Waals surface area contributed by atoms with Crippen molar-refractivity contribution in [1.82, 2.24) is 14.5 Å². The van der Waals surface area contributed by atoms with Crippen molar-refractivity contribution in [1.29, 1.82) is 0 Å². The van der Waals surface area contributed by atoms with Crippen LogP contribution in [0.25, 0.3) is 0 Å². The molecule has 0 saturated carbocycles. The number of urea groups is 1. The van der Waals surface area contributed by atoms with Crippen LogP contribution in [0.4, 0.5) is 15.6 Å². The lowest BCUT2D eigenvalue weighted by Crippen LogP contribution is -2.20. The van der Waals surface area contributed by atoms with Crippen molar-refractivity contribution in [3.8, 4) is 5.75 Å². The normalized spacial score (nSPS) is 10.9. The minimum atomic E-state index is -0.911. The van der Waals surface area contributed by atoms with Gasteiger partial charge in [0.2, 0.25) is 0 Å². The zero-order chi connectivity index (χ0) is 23.1. The maximum absolute atomic E-state index is 12.5. The van der Waals surface area contributed by atoms with Crippen LogP contribution in [0.3, 0.4) is 0 Å². The minimum absolute atomic E-state index is 0.118. The SMILES string of the molecule is Cc1ccc(NC(=O)Nc2ncc(CCc3nccn3CC(=O)O)s2)c(OCC(C)C)c1. The maximum atomic E-state index is 12.5. The van der Waals surface area contributed by atoms with Crippen molar-refractivity contribution in [2.45, 2.75) is 40.2 Å². The fourth-order valence-electron chi connectivity index (χ4n) is 2.93. The Hall–Kier alpha value is -3.40. The molecule has 0 bridgehead atoms. The van der Waals surface area contributed by atoms with Gasteiger partial charge in [0, 0.05) is 29.9 Å². The molecule has 10 heteroatoms. The summed E-state index contributed by atoms with van der Waals surface area (Å²) in [6, 6.07) is 5.22. The van der Waals surface area contributed by atoms with Crippen LogP contribution in [0.15, 0.2) is 36.8 Å². The summed E-state index contributed by atoms with van der Waals surface area (Å²) >= 11 is 1.37. The molecule has 0 saturated heterocycles. The second-order valence-electron chi connectivity index (χ2n) is 7.78. The number of anilines is 2. The number of carbonyl (C=O) groups excluding carboxylic acids is 1. The lowest BCUT2D eigenvalue weighted by molar-refractivity contribution is -0.137. The third-order valence-corrected chi connectivity index (χ3v) is 5.41. The number of hydrogen-bond acceptors (Lipinski definition) is 6. The minimum Gasteiger partial charge on any atom is -0.491 e. The van der Waals surface area contributed by atoms with Crippen LogP contribution in [0.1, 0.15) is 30.1 Å². The van der Waals surface area contributed by atoms with E-state index in [9.17, 15) is 9.59 Å². The molecule has 0 aliphatic carbocycles. The number of benzene rings is 1. The van der Waals surface area contributed by atoms with E-state index in [-0.39, 0.29) is 6.54 Å². The summed E-state index contributed by atoms with van der Waals surface area (Å²) in [4.78, 5) is 32.8. The fraction of sp³-hybridized carbons (Fsp3) is 0.364. The van der Waals surface area contributed by atoms with E-state index in [1.807, 2.05) is 25.1 Å². The Bertz CT molecular complexity index is 1080. The molecule has 170 valence electrons. The number of carboxylic acids is 1. The largest absolute Gasteiger partial charge is 0.491 e. The van der Waals surface area contributed by atoms with Crippen molar-refractivity contribution >= 4 is 34.2 Å². The summed E-state index contributed by atoms with van der Waals surface area (Å²) in [5, 5.41) is 15.0. The van der Waals surface area contributed by atoms with Crippen LogP contribution < -0.4 is 15.4 Å². The average Bonchev–Trinajstić information content (AvgIpc) is 3.35. The van der Waals surface area contributed by atoms with Crippen molar-refractivity contribution in [3.63, 3.8) is 0 Å². The fourth-order valence-corrected chi connectivity index (χ4v) is 3.74. The van der Waals surface area contributed by atoms with E-state index in [0.717, 1.165) is 10.4 Å². The molecular weight excluding hydrogens is 430 g/mol. The number of carboxylic acid groups (broad SMARTS) is 1. The van der Waals surface area contributed by atoms with E-state index >= 15 is 0 Å². The number of aryl methyl sites for hydroxylation is 3. The van der Waals surface area contributed by atoms with Crippen LogP contribution >= 0.6 is 11.3 Å². The van der Waals surface area contributed by atoms with Crippen LogP contribution in [0.2, 0.25) is 0 Å². The lowest BCUT2D eigenvalue weighted by atomic mass is 10.2. The Morgan fingerprint density at radius 2 is 2.03 bits per heavy atom. The predicted octanol–water partition coefficient (Wildman–Crippen LogP) is 4.20. The standard InChI is InChI=1S/C22H27N5O4S/c1-14(2)13-31-18-10-15(3)4-6-17(18)25-21(30)26-22-24-11-16(32-22)5-7-19-23-8-9-27(19)12-20(28)29/h4,6,8-11,14H,5,7,12-13H2,1-3H3,(H,28,29)(H2,24,25,26,30). The molecule has 3 N–H and O–H groups in total. The summed E-state index contributed by atoms with van der Waals surface area (Å²) in [6.45, 7) is 6.54. The first-order valence-corrected chi connectivity index (χ1v) is 11.1. The summed E-state index contributed by atoms with van der Waals surface area (Å²) in [7, 11) is 0. The summed E-state index contributed by atoms with van der Waals surface area (Å²) in [5.74, 6) is 0.783. The van der Waals surface area contributed by atoms with Crippen LogP contribution in [0.5, 0.6) is 5.75 Å². The van der Waals surface area contributed by atoms with Crippen molar-refractivity contribution < 1.29 is 19.4 Å². The maximum Gasteiger partial charge on any atom is 0.325 e. The lowest BCUT2D eigenvalue weighted by Gasteiger charge is -2.14. The second-order valence-corrected chi connectivity index (χ2v) is 8.90. The monoisotopic (exact) mass is 457 g/mol. The van der Waals surface area contributed by atoms with Gasteiger partial charge >= 0.3 is 12.0 Å². The van der Waals surface area contributed by atoms with Gasteiger partial charge < -0.3 is 19.7 Å². The van der Waals surface area contributed by atoms with E-state index in [4.69, 9.17) is 9.84 Å². The highest BCUT2D eigenvalue weighted by Gasteiger charge is 2.12. The van der Waals surface area contributed by atoms with Gasteiger partial charge in [-0.1, -0.05) is 19.9 Å². The predicted molar refractivity (Wildman–Crippen MR) is 124 cm³/mol. The third kappa shape index (κ3) is 6.81. The molecule has 0 radical (unpaired) electrons. The van der Waals surface area contributed by atoms with E-state index < -0.39 is 12.0 Å². The van der Waals surface area contributed by atoms with Crippen LogP contribution in [-0.4, -0.2) is 38.2 Å². The van der Waals surface area contributed by atoms with E-state index in [0.29, 0.717) is 47.8 Å².